The number of aromatic amines is 1. The van der Waals surface area contributed by atoms with Crippen molar-refractivity contribution in [1.29, 1.82) is 0 Å². The molecule has 1 atom stereocenters. The summed E-state index contributed by atoms with van der Waals surface area (Å²) in [6.07, 6.45) is 1.92. The average Bonchev–Trinajstić information content (AvgIpc) is 2.76. The number of aromatic nitrogens is 2. The quantitative estimate of drug-likeness (QED) is 0.673. The number of rotatable bonds is 2. The van der Waals surface area contributed by atoms with Gasteiger partial charge < -0.3 is 10.6 Å². The van der Waals surface area contributed by atoms with E-state index < -0.39 is 5.54 Å². The third-order valence-electron chi connectivity index (χ3n) is 2.82. The normalized spacial score (nSPS) is 25.5. The van der Waals surface area contributed by atoms with Crippen LogP contribution in [0.15, 0.2) is 6.07 Å². The molecule has 0 spiro atoms. The second kappa shape index (κ2) is 3.66. The maximum Gasteiger partial charge on any atom is 0.245 e. The lowest BCUT2D eigenvalue weighted by molar-refractivity contribution is -0.121. The number of carbonyl (C=O) groups excluding carboxylic acids is 1. The van der Waals surface area contributed by atoms with Gasteiger partial charge in [-0.1, -0.05) is 0 Å². The summed E-state index contributed by atoms with van der Waals surface area (Å²) in [5.74, 6) is 0.582. The molecule has 0 aliphatic carbocycles. The maximum absolute atomic E-state index is 11.9. The van der Waals surface area contributed by atoms with Gasteiger partial charge in [-0.15, -0.1) is 0 Å². The fraction of sp³-hybridized carbons (Fsp3) is 0.600. The van der Waals surface area contributed by atoms with Crippen LogP contribution in [0.1, 0.15) is 25.5 Å². The molecule has 1 fully saturated rings. The third-order valence-corrected chi connectivity index (χ3v) is 2.82. The molecule has 1 aliphatic rings. The van der Waals surface area contributed by atoms with Crippen molar-refractivity contribution < 1.29 is 4.79 Å². The van der Waals surface area contributed by atoms with Crippen molar-refractivity contribution in [2.24, 2.45) is 0 Å². The number of anilines is 1. The molecule has 2 rings (SSSR count). The van der Waals surface area contributed by atoms with E-state index in [1.165, 1.54) is 0 Å². The predicted octanol–water partition coefficient (Wildman–Crippen LogP) is 0.799. The van der Waals surface area contributed by atoms with Gasteiger partial charge in [-0.3, -0.25) is 9.89 Å². The number of H-pyrrole nitrogens is 1. The van der Waals surface area contributed by atoms with Gasteiger partial charge in [0.25, 0.3) is 0 Å². The fourth-order valence-electron chi connectivity index (χ4n) is 1.82. The Bertz CT molecular complexity index is 365. The second-order valence-corrected chi connectivity index (χ2v) is 4.25. The van der Waals surface area contributed by atoms with Crippen LogP contribution in [0.4, 0.5) is 5.82 Å². The summed E-state index contributed by atoms with van der Waals surface area (Å²) in [6.45, 7) is 4.73. The summed E-state index contributed by atoms with van der Waals surface area (Å²) in [6, 6.07) is 1.82. The predicted molar refractivity (Wildman–Crippen MR) is 57.6 cm³/mol. The van der Waals surface area contributed by atoms with Crippen molar-refractivity contribution in [2.75, 3.05) is 11.9 Å². The number of hydrogen-bond donors (Lipinski definition) is 3. The first kappa shape index (κ1) is 10.2. The van der Waals surface area contributed by atoms with Gasteiger partial charge in [0, 0.05) is 11.8 Å². The summed E-state index contributed by atoms with van der Waals surface area (Å²) in [7, 11) is 0. The van der Waals surface area contributed by atoms with Crippen LogP contribution in [0, 0.1) is 6.92 Å². The molecule has 2 heterocycles. The highest BCUT2D eigenvalue weighted by molar-refractivity contribution is 5.97. The maximum atomic E-state index is 11.9. The first-order valence-corrected chi connectivity index (χ1v) is 5.19. The van der Waals surface area contributed by atoms with Crippen LogP contribution in [0.5, 0.6) is 0 Å². The highest BCUT2D eigenvalue weighted by atomic mass is 16.2. The number of aryl methyl sites for hydroxylation is 1. The molecule has 82 valence electrons. The van der Waals surface area contributed by atoms with Crippen LogP contribution in [-0.4, -0.2) is 28.2 Å². The molecule has 1 aliphatic heterocycles. The molecule has 0 saturated carbocycles. The Labute approximate surface area is 88.6 Å². The summed E-state index contributed by atoms with van der Waals surface area (Å²) in [5.41, 5.74) is 0.502. The molecule has 1 aromatic rings. The summed E-state index contributed by atoms with van der Waals surface area (Å²) in [5, 5.41) is 12.8. The Morgan fingerprint density at radius 1 is 1.67 bits per heavy atom. The molecule has 0 bridgehead atoms. The van der Waals surface area contributed by atoms with Crippen LogP contribution in [0.25, 0.3) is 0 Å². The molecular formula is C10H16N4O. The Kier molecular flexibility index (Phi) is 2.48. The zero-order valence-electron chi connectivity index (χ0n) is 9.05. The van der Waals surface area contributed by atoms with Crippen LogP contribution >= 0.6 is 0 Å². The summed E-state index contributed by atoms with van der Waals surface area (Å²) < 4.78 is 0. The van der Waals surface area contributed by atoms with E-state index in [4.69, 9.17) is 0 Å². The second-order valence-electron chi connectivity index (χ2n) is 4.25. The van der Waals surface area contributed by atoms with E-state index in [2.05, 4.69) is 20.8 Å². The topological polar surface area (TPSA) is 69.8 Å². The van der Waals surface area contributed by atoms with Crippen molar-refractivity contribution in [3.63, 3.8) is 0 Å². The minimum atomic E-state index is -0.438. The largest absolute Gasteiger partial charge is 0.308 e. The van der Waals surface area contributed by atoms with Crippen LogP contribution in [0.2, 0.25) is 0 Å². The van der Waals surface area contributed by atoms with Crippen molar-refractivity contribution >= 4 is 11.7 Å². The van der Waals surface area contributed by atoms with Crippen molar-refractivity contribution in [3.05, 3.63) is 11.8 Å². The van der Waals surface area contributed by atoms with Gasteiger partial charge in [-0.25, -0.2) is 0 Å². The van der Waals surface area contributed by atoms with Gasteiger partial charge in [-0.2, -0.15) is 5.10 Å². The highest BCUT2D eigenvalue weighted by Gasteiger charge is 2.36. The van der Waals surface area contributed by atoms with E-state index in [1.807, 2.05) is 19.9 Å². The fourth-order valence-corrected chi connectivity index (χ4v) is 1.82. The number of nitrogens with one attached hydrogen (secondary N) is 3. The number of amides is 1. The first-order valence-electron chi connectivity index (χ1n) is 5.19. The summed E-state index contributed by atoms with van der Waals surface area (Å²) >= 11 is 0. The molecule has 1 amide bonds. The Hall–Kier alpha value is -1.36. The van der Waals surface area contributed by atoms with E-state index in [9.17, 15) is 4.79 Å². The van der Waals surface area contributed by atoms with Gasteiger partial charge in [-0.05, 0) is 33.2 Å². The minimum absolute atomic E-state index is 0.00787. The standard InChI is InChI=1S/C10H16N4O/c1-7-6-8(14-13-7)12-9(15)10(2)4-3-5-11-10/h6,11H,3-5H2,1-2H3,(H2,12,13,14,15). The molecule has 5 heteroatoms. The number of hydrogen-bond acceptors (Lipinski definition) is 3. The van der Waals surface area contributed by atoms with E-state index >= 15 is 0 Å². The number of carbonyl (C=O) groups is 1. The molecule has 1 aromatic heterocycles. The number of nitrogens with zero attached hydrogens (tertiary/aromatic N) is 1. The molecule has 15 heavy (non-hydrogen) atoms. The highest BCUT2D eigenvalue weighted by Crippen LogP contribution is 2.20. The molecule has 3 N–H and O–H groups in total. The molecule has 1 saturated heterocycles. The van der Waals surface area contributed by atoms with Crippen molar-refractivity contribution in [3.8, 4) is 0 Å². The van der Waals surface area contributed by atoms with E-state index in [0.717, 1.165) is 25.1 Å². The van der Waals surface area contributed by atoms with Crippen molar-refractivity contribution in [1.82, 2.24) is 15.5 Å². The van der Waals surface area contributed by atoms with E-state index in [-0.39, 0.29) is 5.91 Å². The lowest BCUT2D eigenvalue weighted by Crippen LogP contribution is -2.48. The zero-order chi connectivity index (χ0) is 10.9. The third kappa shape index (κ3) is 2.02. The molecule has 0 aromatic carbocycles. The lowest BCUT2D eigenvalue weighted by atomic mass is 9.99. The smallest absolute Gasteiger partial charge is 0.245 e. The van der Waals surface area contributed by atoms with Crippen LogP contribution < -0.4 is 10.6 Å². The Balaban J connectivity index is 2.03. The molecular weight excluding hydrogens is 192 g/mol. The van der Waals surface area contributed by atoms with Gasteiger partial charge >= 0.3 is 0 Å². The minimum Gasteiger partial charge on any atom is -0.308 e. The first-order chi connectivity index (χ1) is 7.10. The molecule has 0 radical (unpaired) electrons. The van der Waals surface area contributed by atoms with Gasteiger partial charge in [0.2, 0.25) is 5.91 Å². The van der Waals surface area contributed by atoms with Crippen LogP contribution in [-0.2, 0) is 4.79 Å². The summed E-state index contributed by atoms with van der Waals surface area (Å²) in [4.78, 5) is 11.9. The lowest BCUT2D eigenvalue weighted by Gasteiger charge is -2.22. The SMILES string of the molecule is Cc1cc(NC(=O)C2(C)CCCN2)n[nH]1. The Morgan fingerprint density at radius 3 is 3.00 bits per heavy atom. The van der Waals surface area contributed by atoms with Crippen molar-refractivity contribution in [2.45, 2.75) is 32.2 Å². The van der Waals surface area contributed by atoms with E-state index in [1.54, 1.807) is 0 Å². The van der Waals surface area contributed by atoms with Gasteiger partial charge in [0.1, 0.15) is 0 Å². The molecule has 1 unspecified atom stereocenters. The zero-order valence-corrected chi connectivity index (χ0v) is 9.05. The average molecular weight is 208 g/mol. The van der Waals surface area contributed by atoms with Crippen LogP contribution in [0.3, 0.4) is 0 Å². The Morgan fingerprint density at radius 2 is 2.47 bits per heavy atom. The van der Waals surface area contributed by atoms with Gasteiger partial charge in [0.05, 0.1) is 5.54 Å². The molecule has 5 nitrogen and oxygen atoms in total. The van der Waals surface area contributed by atoms with Gasteiger partial charge in [0.15, 0.2) is 5.82 Å². The monoisotopic (exact) mass is 208 g/mol. The van der Waals surface area contributed by atoms with E-state index in [0.29, 0.717) is 5.82 Å².